The number of amides is 2. The third-order valence-electron chi connectivity index (χ3n) is 6.12. The number of carbonyl (C=O) groups is 2. The number of benzene rings is 1. The largest absolute Gasteiger partial charge is 0.382 e. The summed E-state index contributed by atoms with van der Waals surface area (Å²) in [5, 5.41) is 11.0. The van der Waals surface area contributed by atoms with Crippen LogP contribution < -0.4 is 11.1 Å². The van der Waals surface area contributed by atoms with Crippen molar-refractivity contribution >= 4 is 56.4 Å². The van der Waals surface area contributed by atoms with E-state index in [0.29, 0.717) is 11.3 Å². The second-order valence-corrected chi connectivity index (χ2v) is 9.84. The lowest BCUT2D eigenvalue weighted by atomic mass is 10.0. The number of fused-ring (bicyclic) bond motifs is 1. The zero-order valence-electron chi connectivity index (χ0n) is 19.8. The van der Waals surface area contributed by atoms with Gasteiger partial charge in [-0.25, -0.2) is 18.2 Å². The lowest BCUT2D eigenvalue weighted by molar-refractivity contribution is -0.125. The van der Waals surface area contributed by atoms with Gasteiger partial charge in [0, 0.05) is 30.1 Å². The quantitative estimate of drug-likeness (QED) is 0.343. The predicted octanol–water partition coefficient (Wildman–Crippen LogP) is 4.97. The van der Waals surface area contributed by atoms with Gasteiger partial charge in [0.05, 0.1) is 28.2 Å². The molecule has 3 N–H and O–H groups in total. The summed E-state index contributed by atoms with van der Waals surface area (Å²) in [6.45, 7) is 1.75. The van der Waals surface area contributed by atoms with E-state index in [1.165, 1.54) is 30.5 Å². The third kappa shape index (κ3) is 4.37. The summed E-state index contributed by atoms with van der Waals surface area (Å²) in [6.07, 6.45) is -2.69. The molecular formula is C24H18ClF3N6O3S. The Kier molecular flexibility index (Phi) is 6.57. The first-order valence-corrected chi connectivity index (χ1v) is 12.3. The Balaban J connectivity index is 1.56. The smallest absolute Gasteiger partial charge is 0.280 e. The van der Waals surface area contributed by atoms with Gasteiger partial charge >= 0.3 is 0 Å². The standard InChI is InChI=1S/C24H18ClF3N6O3S/c1-9-11(8-30-34(9)2)10-6-15(21(27)28)31-24-17(10)19(20(38-24)22(29)35)32-23(36)16-7-14(33-37-16)18-12(25)4-3-5-13(18)26/h3-6,8,16,21H,7H2,1-2H3,(H2,29,35)(H,32,36). The minimum Gasteiger partial charge on any atom is -0.382 e. The highest BCUT2D eigenvalue weighted by atomic mass is 35.5. The van der Waals surface area contributed by atoms with E-state index in [0.717, 1.165) is 11.3 Å². The zero-order chi connectivity index (χ0) is 27.3. The van der Waals surface area contributed by atoms with Crippen LogP contribution in [0.4, 0.5) is 18.9 Å². The van der Waals surface area contributed by atoms with Crippen LogP contribution in [0.3, 0.4) is 0 Å². The van der Waals surface area contributed by atoms with Crippen molar-refractivity contribution in [3.05, 3.63) is 63.1 Å². The molecule has 1 atom stereocenters. The van der Waals surface area contributed by atoms with E-state index >= 15 is 0 Å². The average Bonchev–Trinajstić information content (AvgIpc) is 3.57. The van der Waals surface area contributed by atoms with E-state index in [-0.39, 0.29) is 49.1 Å². The fourth-order valence-corrected chi connectivity index (χ4v) is 5.43. The number of nitrogens with one attached hydrogen (secondary N) is 1. The summed E-state index contributed by atoms with van der Waals surface area (Å²) in [6, 6.07) is 5.31. The molecule has 4 heterocycles. The second kappa shape index (κ2) is 9.72. The molecule has 0 aliphatic carbocycles. The van der Waals surface area contributed by atoms with Crippen LogP contribution in [0.2, 0.25) is 5.02 Å². The Bertz CT molecular complexity index is 1630. The molecule has 1 aliphatic rings. The van der Waals surface area contributed by atoms with Crippen molar-refractivity contribution in [3.63, 3.8) is 0 Å². The Morgan fingerprint density at radius 1 is 1.32 bits per heavy atom. The van der Waals surface area contributed by atoms with Crippen molar-refractivity contribution in [1.29, 1.82) is 0 Å². The predicted molar refractivity (Wildman–Crippen MR) is 136 cm³/mol. The molecule has 0 fully saturated rings. The maximum Gasteiger partial charge on any atom is 0.280 e. The number of nitrogens with two attached hydrogens (primary N) is 1. The number of hydrogen-bond donors (Lipinski definition) is 2. The number of alkyl halides is 2. The summed E-state index contributed by atoms with van der Waals surface area (Å²) in [5.74, 6) is -2.23. The lowest BCUT2D eigenvalue weighted by Gasteiger charge is -2.13. The number of anilines is 1. The van der Waals surface area contributed by atoms with Gasteiger partial charge in [0.25, 0.3) is 18.2 Å². The number of carbonyl (C=O) groups excluding carboxylic acids is 2. The molecule has 5 rings (SSSR count). The van der Waals surface area contributed by atoms with Gasteiger partial charge in [-0.15, -0.1) is 11.3 Å². The van der Waals surface area contributed by atoms with Crippen LogP contribution in [-0.4, -0.2) is 38.4 Å². The summed E-state index contributed by atoms with van der Waals surface area (Å²) in [5.41, 5.74) is 6.66. The molecule has 196 valence electrons. The average molecular weight is 563 g/mol. The number of halogens is 4. The molecule has 2 amide bonds. The summed E-state index contributed by atoms with van der Waals surface area (Å²) < 4.78 is 43.3. The highest BCUT2D eigenvalue weighted by Crippen LogP contribution is 2.43. The fraction of sp³-hybridized carbons (Fsp3) is 0.208. The number of pyridine rings is 1. The first kappa shape index (κ1) is 25.7. The summed E-state index contributed by atoms with van der Waals surface area (Å²) >= 11 is 6.88. The molecule has 0 saturated heterocycles. The molecule has 1 unspecified atom stereocenters. The van der Waals surface area contributed by atoms with Crippen molar-refractivity contribution in [2.24, 2.45) is 17.9 Å². The van der Waals surface area contributed by atoms with Crippen molar-refractivity contribution < 1.29 is 27.6 Å². The number of nitrogens with zero attached hydrogens (tertiary/aromatic N) is 4. The first-order chi connectivity index (χ1) is 18.1. The molecule has 1 aliphatic heterocycles. The molecule has 1 aromatic carbocycles. The van der Waals surface area contributed by atoms with Crippen molar-refractivity contribution in [3.8, 4) is 11.1 Å². The van der Waals surface area contributed by atoms with Gasteiger partial charge in [-0.1, -0.05) is 22.8 Å². The van der Waals surface area contributed by atoms with E-state index in [1.54, 1.807) is 18.7 Å². The van der Waals surface area contributed by atoms with Gasteiger partial charge in [-0.3, -0.25) is 14.3 Å². The number of primary amides is 1. The van der Waals surface area contributed by atoms with Crippen LogP contribution in [0.1, 0.15) is 39.5 Å². The van der Waals surface area contributed by atoms with Crippen LogP contribution in [0.5, 0.6) is 0 Å². The number of thiophene rings is 1. The molecule has 0 spiro atoms. The minimum absolute atomic E-state index is 0.00459. The second-order valence-electron chi connectivity index (χ2n) is 8.44. The molecule has 0 saturated carbocycles. The number of oxime groups is 1. The third-order valence-corrected chi connectivity index (χ3v) is 7.53. The van der Waals surface area contributed by atoms with E-state index in [2.05, 4.69) is 20.6 Å². The summed E-state index contributed by atoms with van der Waals surface area (Å²) in [4.78, 5) is 34.8. The van der Waals surface area contributed by atoms with E-state index in [4.69, 9.17) is 22.2 Å². The van der Waals surface area contributed by atoms with Gasteiger partial charge in [0.2, 0.25) is 6.10 Å². The molecule has 3 aromatic heterocycles. The van der Waals surface area contributed by atoms with Gasteiger partial charge in [-0.05, 0) is 30.7 Å². The maximum atomic E-state index is 14.3. The zero-order valence-corrected chi connectivity index (χ0v) is 21.3. The molecule has 38 heavy (non-hydrogen) atoms. The van der Waals surface area contributed by atoms with E-state index in [1.807, 2.05) is 0 Å². The number of aromatic nitrogens is 3. The number of aryl methyl sites for hydroxylation is 1. The normalized spacial score (nSPS) is 15.1. The van der Waals surface area contributed by atoms with Gasteiger partial charge in [0.1, 0.15) is 21.2 Å². The van der Waals surface area contributed by atoms with Gasteiger partial charge in [-0.2, -0.15) is 5.10 Å². The van der Waals surface area contributed by atoms with Crippen LogP contribution in [0.15, 0.2) is 35.6 Å². The highest BCUT2D eigenvalue weighted by molar-refractivity contribution is 7.21. The van der Waals surface area contributed by atoms with Crippen LogP contribution in [0.25, 0.3) is 21.3 Å². The molecule has 9 nitrogen and oxygen atoms in total. The maximum absolute atomic E-state index is 14.3. The monoisotopic (exact) mass is 562 g/mol. The molecule has 0 radical (unpaired) electrons. The molecule has 0 bridgehead atoms. The van der Waals surface area contributed by atoms with Crippen LogP contribution in [-0.2, 0) is 16.7 Å². The van der Waals surface area contributed by atoms with Crippen molar-refractivity contribution in [2.75, 3.05) is 5.32 Å². The Hall–Kier alpha value is -3.97. The minimum atomic E-state index is -2.89. The number of rotatable bonds is 6. The van der Waals surface area contributed by atoms with Crippen molar-refractivity contribution in [1.82, 2.24) is 14.8 Å². The van der Waals surface area contributed by atoms with Gasteiger partial charge in [0.15, 0.2) is 0 Å². The lowest BCUT2D eigenvalue weighted by Crippen LogP contribution is -2.29. The van der Waals surface area contributed by atoms with E-state index < -0.39 is 35.9 Å². The fourth-order valence-electron chi connectivity index (χ4n) is 4.14. The molecular weight excluding hydrogens is 545 g/mol. The van der Waals surface area contributed by atoms with Gasteiger partial charge < -0.3 is 15.9 Å². The Morgan fingerprint density at radius 2 is 2.08 bits per heavy atom. The van der Waals surface area contributed by atoms with Crippen LogP contribution >= 0.6 is 22.9 Å². The topological polar surface area (TPSA) is 124 Å². The van der Waals surface area contributed by atoms with E-state index in [9.17, 15) is 22.8 Å². The Labute approximate surface area is 222 Å². The Morgan fingerprint density at radius 3 is 2.71 bits per heavy atom. The first-order valence-electron chi connectivity index (χ1n) is 11.1. The SMILES string of the molecule is Cc1c(-c2cc(C(F)F)nc3sc(C(N)=O)c(NC(=O)C4CC(c5c(F)cccc5Cl)=NO4)c23)cnn1C. The molecule has 4 aromatic rings. The highest BCUT2D eigenvalue weighted by Gasteiger charge is 2.33. The number of hydrogen-bond acceptors (Lipinski definition) is 7. The summed E-state index contributed by atoms with van der Waals surface area (Å²) in [7, 11) is 1.69. The van der Waals surface area contributed by atoms with Crippen molar-refractivity contribution in [2.45, 2.75) is 25.9 Å². The molecule has 14 heteroatoms. The van der Waals surface area contributed by atoms with Crippen LogP contribution in [0, 0.1) is 12.7 Å².